The van der Waals surface area contributed by atoms with E-state index in [1.165, 1.54) is 29.2 Å². The van der Waals surface area contributed by atoms with Gasteiger partial charge in [0, 0.05) is 35.7 Å². The van der Waals surface area contributed by atoms with Crippen LogP contribution in [0.4, 0.5) is 18.0 Å². The molecule has 0 aromatic heterocycles. The lowest BCUT2D eigenvalue weighted by molar-refractivity contribution is -0.0689. The van der Waals surface area contributed by atoms with Crippen LogP contribution in [-0.2, 0) is 9.84 Å². The molecule has 3 atom stereocenters. The van der Waals surface area contributed by atoms with E-state index in [0.29, 0.717) is 0 Å². The monoisotopic (exact) mass is 418 g/mol. The predicted octanol–water partition coefficient (Wildman–Crippen LogP) is 3.89. The third-order valence-electron chi connectivity index (χ3n) is 4.81. The number of likely N-dealkylation sites (tertiary alicyclic amines) is 1. The van der Waals surface area contributed by atoms with Gasteiger partial charge in [0.25, 0.3) is 0 Å². The largest absolute Gasteiger partial charge is 0.332 e. The van der Waals surface area contributed by atoms with E-state index < -0.39 is 45.6 Å². The molecule has 0 bridgehead atoms. The Morgan fingerprint density at radius 2 is 2.00 bits per heavy atom. The maximum atomic E-state index is 14.3. The van der Waals surface area contributed by atoms with Crippen molar-refractivity contribution in [1.29, 1.82) is 0 Å². The maximum absolute atomic E-state index is 14.3. The Hall–Kier alpha value is -2.03. The fourth-order valence-electron chi connectivity index (χ4n) is 3.30. The molecule has 0 radical (unpaired) electrons. The normalized spacial score (nSPS) is 22.3. The minimum Gasteiger partial charge on any atom is -0.332 e. The van der Waals surface area contributed by atoms with Gasteiger partial charge in [0.2, 0.25) is 5.92 Å². The van der Waals surface area contributed by atoms with Crippen molar-refractivity contribution in [3.8, 4) is 0 Å². The smallest absolute Gasteiger partial charge is 0.318 e. The summed E-state index contributed by atoms with van der Waals surface area (Å²) in [6.45, 7) is 2.47. The molecule has 1 aromatic carbocycles. The first-order valence-electron chi connectivity index (χ1n) is 8.96. The lowest BCUT2D eigenvalue weighted by Gasteiger charge is -2.41. The number of hydrogen-bond acceptors (Lipinski definition) is 3. The number of amides is 2. The molecule has 28 heavy (non-hydrogen) atoms. The van der Waals surface area contributed by atoms with Crippen LogP contribution < -0.4 is 5.32 Å². The Balaban J connectivity index is 2.24. The zero-order valence-electron chi connectivity index (χ0n) is 16.0. The number of nitrogens with zero attached hydrogens (tertiary/aromatic N) is 1. The van der Waals surface area contributed by atoms with Crippen molar-refractivity contribution in [2.45, 2.75) is 44.7 Å². The van der Waals surface area contributed by atoms with Crippen LogP contribution in [0, 0.1) is 11.7 Å². The van der Waals surface area contributed by atoms with Gasteiger partial charge in [0.05, 0.1) is 6.04 Å². The van der Waals surface area contributed by atoms with Crippen LogP contribution in [0.15, 0.2) is 35.7 Å². The predicted molar refractivity (Wildman–Crippen MR) is 101 cm³/mol. The van der Waals surface area contributed by atoms with Gasteiger partial charge in [-0.25, -0.2) is 26.4 Å². The van der Waals surface area contributed by atoms with Crippen molar-refractivity contribution in [1.82, 2.24) is 10.2 Å². The quantitative estimate of drug-likeness (QED) is 0.789. The molecule has 0 unspecified atom stereocenters. The third-order valence-corrected chi connectivity index (χ3v) is 5.46. The van der Waals surface area contributed by atoms with Gasteiger partial charge in [-0.1, -0.05) is 24.3 Å². The second kappa shape index (κ2) is 8.55. The zero-order valence-corrected chi connectivity index (χ0v) is 16.8. The lowest BCUT2D eigenvalue weighted by atomic mass is 9.83. The molecule has 0 saturated carbocycles. The van der Waals surface area contributed by atoms with Gasteiger partial charge < -0.3 is 10.2 Å². The molecule has 1 N–H and O–H groups in total. The van der Waals surface area contributed by atoms with Gasteiger partial charge >= 0.3 is 6.03 Å². The number of halogens is 3. The first kappa shape index (κ1) is 22.3. The summed E-state index contributed by atoms with van der Waals surface area (Å²) in [6, 6.07) is 3.82. The number of hydrogen-bond donors (Lipinski definition) is 1. The highest BCUT2D eigenvalue weighted by atomic mass is 32.2. The molecule has 2 rings (SSSR count). The van der Waals surface area contributed by atoms with Gasteiger partial charge in [-0.05, 0) is 32.8 Å². The summed E-state index contributed by atoms with van der Waals surface area (Å²) >= 11 is 0. The lowest BCUT2D eigenvalue weighted by Crippen LogP contribution is -2.50. The molecule has 2 amide bonds. The number of urea groups is 1. The molecule has 1 heterocycles. The number of carbonyl (C=O) groups excluding carboxylic acids is 1. The van der Waals surface area contributed by atoms with E-state index in [4.69, 9.17) is 0 Å². The maximum Gasteiger partial charge on any atom is 0.318 e. The number of piperidine rings is 1. The molecule has 1 aromatic rings. The molecular formula is C19H25F3N2O3S. The zero-order chi connectivity index (χ0) is 21.1. The topological polar surface area (TPSA) is 66.5 Å². The number of alkyl halides is 2. The third kappa shape index (κ3) is 5.98. The van der Waals surface area contributed by atoms with E-state index in [0.717, 1.165) is 18.6 Å². The van der Waals surface area contributed by atoms with Crippen LogP contribution in [0.5, 0.6) is 0 Å². The van der Waals surface area contributed by atoms with Crippen LogP contribution in [0.1, 0.15) is 38.3 Å². The van der Waals surface area contributed by atoms with E-state index in [-0.39, 0.29) is 24.9 Å². The minimum atomic E-state index is -3.34. The van der Waals surface area contributed by atoms with Crippen LogP contribution in [0.2, 0.25) is 0 Å². The molecule has 1 aliphatic rings. The molecule has 5 nitrogen and oxygen atoms in total. The molecule has 1 aliphatic heterocycles. The SMILES string of the molecule is C[C@@H](/C=C/S(C)(=O)=O)NC(=O)N1CC[C@@H](C(C)(F)F)C[C@H]1c1ccccc1F. The Bertz CT molecular complexity index is 837. The Labute approximate surface area is 163 Å². The highest BCUT2D eigenvalue weighted by molar-refractivity contribution is 7.93. The van der Waals surface area contributed by atoms with Crippen LogP contribution in [0.25, 0.3) is 0 Å². The number of benzene rings is 1. The summed E-state index contributed by atoms with van der Waals surface area (Å²) in [5.41, 5.74) is 0.186. The highest BCUT2D eigenvalue weighted by Crippen LogP contribution is 2.41. The summed E-state index contributed by atoms with van der Waals surface area (Å²) < 4.78 is 64.5. The molecule has 1 fully saturated rings. The molecule has 156 valence electrons. The van der Waals surface area contributed by atoms with Crippen molar-refractivity contribution >= 4 is 15.9 Å². The summed E-state index contributed by atoms with van der Waals surface area (Å²) in [4.78, 5) is 14.0. The number of nitrogens with one attached hydrogen (secondary N) is 1. The molecular weight excluding hydrogens is 393 g/mol. The Morgan fingerprint density at radius 3 is 2.57 bits per heavy atom. The fraction of sp³-hybridized carbons (Fsp3) is 0.526. The Morgan fingerprint density at radius 1 is 1.36 bits per heavy atom. The standard InChI is InChI=1S/C19H25F3N2O3S/c1-13(9-11-28(3,26)27)23-18(25)24-10-8-14(19(2,21)22)12-17(24)15-6-4-5-7-16(15)20/h4-7,9,11,13-14,17H,8,10,12H2,1-3H3,(H,23,25)/b11-9+/t13-,14+,17-/m0/s1. The molecule has 1 saturated heterocycles. The number of carbonyl (C=O) groups is 1. The van der Waals surface area contributed by atoms with Crippen LogP contribution in [-0.4, -0.2) is 44.1 Å². The van der Waals surface area contributed by atoms with Crippen molar-refractivity contribution in [3.63, 3.8) is 0 Å². The summed E-state index contributed by atoms with van der Waals surface area (Å²) in [5, 5.41) is 3.60. The number of sulfone groups is 1. The van der Waals surface area contributed by atoms with Gasteiger partial charge in [0.1, 0.15) is 5.82 Å². The average molecular weight is 418 g/mol. The first-order valence-corrected chi connectivity index (χ1v) is 10.9. The van der Waals surface area contributed by atoms with Gasteiger partial charge in [0.15, 0.2) is 9.84 Å². The van der Waals surface area contributed by atoms with E-state index in [9.17, 15) is 26.4 Å². The average Bonchev–Trinajstić information content (AvgIpc) is 2.58. The van der Waals surface area contributed by atoms with E-state index >= 15 is 0 Å². The van der Waals surface area contributed by atoms with Crippen molar-refractivity contribution in [2.75, 3.05) is 12.8 Å². The van der Waals surface area contributed by atoms with E-state index in [1.807, 2.05) is 0 Å². The fourth-order valence-corrected chi connectivity index (χ4v) is 3.82. The van der Waals surface area contributed by atoms with Gasteiger partial charge in [-0.15, -0.1) is 0 Å². The molecule has 0 aliphatic carbocycles. The van der Waals surface area contributed by atoms with Gasteiger partial charge in [-0.3, -0.25) is 0 Å². The van der Waals surface area contributed by atoms with E-state index in [1.54, 1.807) is 13.0 Å². The molecule has 9 heteroatoms. The molecule has 0 spiro atoms. The highest BCUT2D eigenvalue weighted by Gasteiger charge is 2.42. The summed E-state index contributed by atoms with van der Waals surface area (Å²) in [7, 11) is -3.34. The van der Waals surface area contributed by atoms with Crippen molar-refractivity contribution < 1.29 is 26.4 Å². The Kier molecular flexibility index (Phi) is 6.80. The van der Waals surface area contributed by atoms with Crippen molar-refractivity contribution in [3.05, 3.63) is 47.1 Å². The second-order valence-electron chi connectivity index (χ2n) is 7.30. The van der Waals surface area contributed by atoms with Crippen LogP contribution >= 0.6 is 0 Å². The minimum absolute atomic E-state index is 0.0431. The summed E-state index contributed by atoms with van der Waals surface area (Å²) in [5.74, 6) is -4.46. The second-order valence-corrected chi connectivity index (χ2v) is 9.24. The first-order chi connectivity index (χ1) is 12.9. The number of rotatable bonds is 5. The summed E-state index contributed by atoms with van der Waals surface area (Å²) in [6.07, 6.45) is 2.38. The van der Waals surface area contributed by atoms with Crippen molar-refractivity contribution in [2.24, 2.45) is 5.92 Å². The van der Waals surface area contributed by atoms with Gasteiger partial charge in [-0.2, -0.15) is 0 Å². The van der Waals surface area contributed by atoms with Crippen LogP contribution in [0.3, 0.4) is 0 Å². The van der Waals surface area contributed by atoms with E-state index in [2.05, 4.69) is 5.32 Å².